The fourth-order valence-electron chi connectivity index (χ4n) is 4.51. The van der Waals surface area contributed by atoms with Crippen LogP contribution in [-0.4, -0.2) is 64.5 Å². The van der Waals surface area contributed by atoms with Gasteiger partial charge in [-0.1, -0.05) is 30.3 Å². The lowest BCUT2D eigenvalue weighted by Crippen LogP contribution is -2.47. The molecule has 8 nitrogen and oxygen atoms in total. The first-order chi connectivity index (χ1) is 15.2. The Morgan fingerprint density at radius 2 is 2.13 bits per heavy atom. The van der Waals surface area contributed by atoms with E-state index in [0.717, 1.165) is 63.2 Å². The summed E-state index contributed by atoms with van der Waals surface area (Å²) in [5.74, 6) is 2.72. The molecule has 4 rings (SSSR count). The van der Waals surface area contributed by atoms with Gasteiger partial charge in [-0.3, -0.25) is 9.89 Å². The maximum Gasteiger partial charge on any atom is 0.191 e. The van der Waals surface area contributed by atoms with Gasteiger partial charge < -0.3 is 15.4 Å². The van der Waals surface area contributed by atoms with Crippen LogP contribution < -0.4 is 10.6 Å². The second-order valence-electron chi connectivity index (χ2n) is 8.41. The third kappa shape index (κ3) is 5.83. The summed E-state index contributed by atoms with van der Waals surface area (Å²) in [7, 11) is 1.68. The summed E-state index contributed by atoms with van der Waals surface area (Å²) in [6.45, 7) is 7.21. The number of rotatable bonds is 8. The number of hydrogen-bond donors (Lipinski definition) is 2. The third-order valence-corrected chi connectivity index (χ3v) is 6.05. The average Bonchev–Trinajstić information content (AvgIpc) is 3.39. The average molecular weight is 426 g/mol. The summed E-state index contributed by atoms with van der Waals surface area (Å²) in [4.78, 5) is 12.1. The Labute approximate surface area is 185 Å². The Morgan fingerprint density at radius 1 is 1.26 bits per heavy atom. The van der Waals surface area contributed by atoms with Crippen LogP contribution in [0.2, 0.25) is 0 Å². The number of aryl methyl sites for hydroxylation is 1. The van der Waals surface area contributed by atoms with Gasteiger partial charge in [0.25, 0.3) is 0 Å². The standard InChI is InChI=1S/C23H35N7O/c1-3-24-23(26-19-11-12-22-27-21(17-31-2)28-30(22)16-19)25-14-20-10-7-13-29(20)15-18-8-5-4-6-9-18/h4-6,8-9,19-20H,3,7,10-17H2,1-2H3,(H2,24,25,26). The fraction of sp³-hybridized carbons (Fsp3) is 0.609. The molecular formula is C23H35N7O. The zero-order valence-electron chi connectivity index (χ0n) is 18.8. The summed E-state index contributed by atoms with van der Waals surface area (Å²) in [6.07, 6.45) is 4.41. The molecule has 2 unspecified atom stereocenters. The molecule has 0 amide bonds. The molecule has 0 radical (unpaired) electrons. The van der Waals surface area contributed by atoms with E-state index in [-0.39, 0.29) is 0 Å². The highest BCUT2D eigenvalue weighted by Crippen LogP contribution is 2.20. The Bertz CT molecular complexity index is 851. The van der Waals surface area contributed by atoms with Crippen LogP contribution >= 0.6 is 0 Å². The molecule has 0 saturated carbocycles. The number of nitrogens with zero attached hydrogens (tertiary/aromatic N) is 5. The lowest BCUT2D eigenvalue weighted by Gasteiger charge is -2.26. The van der Waals surface area contributed by atoms with Crippen LogP contribution in [0.1, 0.15) is 43.4 Å². The topological polar surface area (TPSA) is 79.6 Å². The summed E-state index contributed by atoms with van der Waals surface area (Å²) < 4.78 is 7.18. The summed E-state index contributed by atoms with van der Waals surface area (Å²) in [5.41, 5.74) is 1.38. The molecule has 8 heteroatoms. The van der Waals surface area contributed by atoms with Crippen molar-refractivity contribution >= 4 is 5.96 Å². The van der Waals surface area contributed by atoms with E-state index in [1.807, 2.05) is 4.68 Å². The molecule has 1 fully saturated rings. The molecule has 2 atom stereocenters. The van der Waals surface area contributed by atoms with Gasteiger partial charge in [0, 0.05) is 38.7 Å². The maximum absolute atomic E-state index is 5.17. The van der Waals surface area contributed by atoms with Crippen LogP contribution in [0, 0.1) is 0 Å². The monoisotopic (exact) mass is 425 g/mol. The Hall–Kier alpha value is -2.45. The van der Waals surface area contributed by atoms with E-state index < -0.39 is 0 Å². The third-order valence-electron chi connectivity index (χ3n) is 6.05. The van der Waals surface area contributed by atoms with Gasteiger partial charge >= 0.3 is 0 Å². The van der Waals surface area contributed by atoms with Crippen molar-refractivity contribution in [2.45, 2.75) is 64.4 Å². The van der Waals surface area contributed by atoms with E-state index in [4.69, 9.17) is 9.73 Å². The Kier molecular flexibility index (Phi) is 7.53. The summed E-state index contributed by atoms with van der Waals surface area (Å²) in [6, 6.07) is 11.5. The van der Waals surface area contributed by atoms with E-state index in [9.17, 15) is 0 Å². The molecule has 0 aliphatic carbocycles. The van der Waals surface area contributed by atoms with Crippen molar-refractivity contribution in [2.24, 2.45) is 4.99 Å². The summed E-state index contributed by atoms with van der Waals surface area (Å²) in [5, 5.41) is 11.6. The van der Waals surface area contributed by atoms with Crippen molar-refractivity contribution in [1.29, 1.82) is 0 Å². The van der Waals surface area contributed by atoms with Crippen molar-refractivity contribution in [1.82, 2.24) is 30.3 Å². The minimum Gasteiger partial charge on any atom is -0.377 e. The van der Waals surface area contributed by atoms with Gasteiger partial charge in [-0.05, 0) is 38.3 Å². The van der Waals surface area contributed by atoms with Gasteiger partial charge in [0.1, 0.15) is 12.4 Å². The SMILES string of the molecule is CCNC(=NCC1CCCN1Cc1ccccc1)NC1CCc2nc(COC)nn2C1. The first kappa shape index (κ1) is 21.8. The molecule has 1 aromatic heterocycles. The quantitative estimate of drug-likeness (QED) is 0.497. The normalized spacial score (nSPS) is 21.8. The second-order valence-corrected chi connectivity index (χ2v) is 8.41. The molecular weight excluding hydrogens is 390 g/mol. The number of likely N-dealkylation sites (tertiary alicyclic amines) is 1. The number of ether oxygens (including phenoxy) is 1. The molecule has 1 aromatic carbocycles. The molecule has 1 saturated heterocycles. The fourth-order valence-corrected chi connectivity index (χ4v) is 4.51. The van der Waals surface area contributed by atoms with E-state index >= 15 is 0 Å². The lowest BCUT2D eigenvalue weighted by molar-refractivity contribution is 0.177. The molecule has 2 aliphatic rings. The van der Waals surface area contributed by atoms with Gasteiger partial charge in [-0.2, -0.15) is 5.10 Å². The number of methoxy groups -OCH3 is 1. The Balaban J connectivity index is 1.34. The highest BCUT2D eigenvalue weighted by Gasteiger charge is 2.25. The zero-order chi connectivity index (χ0) is 21.5. The van der Waals surface area contributed by atoms with Crippen LogP contribution in [0.4, 0.5) is 0 Å². The molecule has 2 aliphatic heterocycles. The van der Waals surface area contributed by atoms with Gasteiger partial charge in [0.15, 0.2) is 11.8 Å². The number of nitrogens with one attached hydrogen (secondary N) is 2. The van der Waals surface area contributed by atoms with Crippen molar-refractivity contribution in [2.75, 3.05) is 26.7 Å². The van der Waals surface area contributed by atoms with Gasteiger partial charge in [0.05, 0.1) is 13.1 Å². The smallest absolute Gasteiger partial charge is 0.191 e. The maximum atomic E-state index is 5.17. The van der Waals surface area contributed by atoms with Crippen LogP contribution in [0.15, 0.2) is 35.3 Å². The number of hydrogen-bond acceptors (Lipinski definition) is 5. The molecule has 168 valence electrons. The van der Waals surface area contributed by atoms with E-state index in [1.54, 1.807) is 7.11 Å². The number of guanidine groups is 1. The number of fused-ring (bicyclic) bond motifs is 1. The minimum atomic E-state index is 0.298. The molecule has 3 heterocycles. The highest BCUT2D eigenvalue weighted by atomic mass is 16.5. The van der Waals surface area contributed by atoms with E-state index in [2.05, 4.69) is 62.9 Å². The highest BCUT2D eigenvalue weighted by molar-refractivity contribution is 5.80. The largest absolute Gasteiger partial charge is 0.377 e. The molecule has 0 spiro atoms. The molecule has 31 heavy (non-hydrogen) atoms. The van der Waals surface area contributed by atoms with Crippen molar-refractivity contribution in [3.05, 3.63) is 47.5 Å². The lowest BCUT2D eigenvalue weighted by atomic mass is 10.1. The van der Waals surface area contributed by atoms with Gasteiger partial charge in [0.2, 0.25) is 0 Å². The van der Waals surface area contributed by atoms with Crippen molar-refractivity contribution in [3.8, 4) is 0 Å². The van der Waals surface area contributed by atoms with Crippen LogP contribution in [0.3, 0.4) is 0 Å². The van der Waals surface area contributed by atoms with Crippen LogP contribution in [0.25, 0.3) is 0 Å². The zero-order valence-corrected chi connectivity index (χ0v) is 18.8. The van der Waals surface area contributed by atoms with Crippen LogP contribution in [-0.2, 0) is 30.9 Å². The first-order valence-electron chi connectivity index (χ1n) is 11.5. The molecule has 2 aromatic rings. The van der Waals surface area contributed by atoms with Gasteiger partial charge in [-0.25, -0.2) is 9.67 Å². The minimum absolute atomic E-state index is 0.298. The van der Waals surface area contributed by atoms with E-state index in [1.165, 1.54) is 18.4 Å². The number of aliphatic imine (C=N–C) groups is 1. The Morgan fingerprint density at radius 3 is 2.94 bits per heavy atom. The van der Waals surface area contributed by atoms with E-state index in [0.29, 0.717) is 18.7 Å². The molecule has 2 N–H and O–H groups in total. The predicted molar refractivity (Wildman–Crippen MR) is 122 cm³/mol. The van der Waals surface area contributed by atoms with Gasteiger partial charge in [-0.15, -0.1) is 0 Å². The van der Waals surface area contributed by atoms with Crippen molar-refractivity contribution < 1.29 is 4.74 Å². The second kappa shape index (κ2) is 10.7. The van der Waals surface area contributed by atoms with Crippen LogP contribution in [0.5, 0.6) is 0 Å². The first-order valence-corrected chi connectivity index (χ1v) is 11.5. The molecule has 0 bridgehead atoms. The number of aromatic nitrogens is 3. The predicted octanol–water partition coefficient (Wildman–Crippen LogP) is 1.96. The summed E-state index contributed by atoms with van der Waals surface area (Å²) >= 11 is 0. The number of benzene rings is 1. The van der Waals surface area contributed by atoms with Crippen molar-refractivity contribution in [3.63, 3.8) is 0 Å².